The molecule has 1 aliphatic rings. The third kappa shape index (κ3) is 4.67. The number of aromatic nitrogens is 3. The summed E-state index contributed by atoms with van der Waals surface area (Å²) in [5, 5.41) is 4.57. The van der Waals surface area contributed by atoms with Crippen LogP contribution in [-0.4, -0.2) is 33.4 Å². The lowest BCUT2D eigenvalue weighted by atomic mass is 10.2. The van der Waals surface area contributed by atoms with E-state index in [4.69, 9.17) is 4.74 Å². The van der Waals surface area contributed by atoms with Gasteiger partial charge < -0.3 is 15.0 Å². The number of hydrogen-bond acceptors (Lipinski definition) is 6. The Balaban J connectivity index is 1.48. The standard InChI is InChI=1S/C20H22N4O2S/c25-20-17-2-1-15(22-12-14-3-7-21-8-4-14)11-18(17)23-19(24-20)13-27-16-5-9-26-10-6-16/h1-4,7-8,11,16,22H,5-6,9-10,12-13H2,(H,23,24,25). The fourth-order valence-corrected chi connectivity index (χ4v) is 4.17. The summed E-state index contributed by atoms with van der Waals surface area (Å²) in [5.41, 5.74) is 2.74. The highest BCUT2D eigenvalue weighted by Crippen LogP contribution is 2.25. The molecule has 3 heterocycles. The predicted molar refractivity (Wildman–Crippen MR) is 109 cm³/mol. The zero-order chi connectivity index (χ0) is 18.5. The first-order valence-corrected chi connectivity index (χ1v) is 10.2. The molecule has 7 heteroatoms. The zero-order valence-corrected chi connectivity index (χ0v) is 15.8. The van der Waals surface area contributed by atoms with E-state index < -0.39 is 0 Å². The smallest absolute Gasteiger partial charge is 0.258 e. The van der Waals surface area contributed by atoms with E-state index >= 15 is 0 Å². The lowest BCUT2D eigenvalue weighted by Gasteiger charge is -2.21. The van der Waals surface area contributed by atoms with Gasteiger partial charge in [0.2, 0.25) is 0 Å². The van der Waals surface area contributed by atoms with Gasteiger partial charge >= 0.3 is 0 Å². The number of nitrogens with one attached hydrogen (secondary N) is 2. The lowest BCUT2D eigenvalue weighted by Crippen LogP contribution is -2.18. The van der Waals surface area contributed by atoms with Gasteiger partial charge in [0, 0.05) is 43.1 Å². The highest BCUT2D eigenvalue weighted by molar-refractivity contribution is 7.99. The maximum atomic E-state index is 12.4. The first-order valence-electron chi connectivity index (χ1n) is 9.13. The normalized spacial score (nSPS) is 15.1. The van der Waals surface area contributed by atoms with Crippen molar-refractivity contribution in [1.82, 2.24) is 15.0 Å². The number of hydrogen-bond donors (Lipinski definition) is 2. The second-order valence-corrected chi connectivity index (χ2v) is 7.86. The fourth-order valence-electron chi connectivity index (χ4n) is 3.11. The Morgan fingerprint density at radius 2 is 2.00 bits per heavy atom. The highest BCUT2D eigenvalue weighted by Gasteiger charge is 2.15. The fraction of sp³-hybridized carbons (Fsp3) is 0.350. The van der Waals surface area contributed by atoms with Gasteiger partial charge in [0.1, 0.15) is 5.82 Å². The minimum Gasteiger partial charge on any atom is -0.381 e. The van der Waals surface area contributed by atoms with Crippen molar-refractivity contribution in [3.63, 3.8) is 0 Å². The van der Waals surface area contributed by atoms with Crippen molar-refractivity contribution in [1.29, 1.82) is 0 Å². The molecule has 1 aromatic carbocycles. The Morgan fingerprint density at radius 1 is 1.19 bits per heavy atom. The van der Waals surface area contributed by atoms with E-state index in [1.54, 1.807) is 12.4 Å². The maximum Gasteiger partial charge on any atom is 0.258 e. The molecule has 0 atom stereocenters. The molecule has 6 nitrogen and oxygen atoms in total. The van der Waals surface area contributed by atoms with E-state index in [9.17, 15) is 4.79 Å². The van der Waals surface area contributed by atoms with E-state index in [2.05, 4.69) is 20.3 Å². The number of aromatic amines is 1. The quantitative estimate of drug-likeness (QED) is 0.681. The molecule has 3 aromatic rings. The molecular weight excluding hydrogens is 360 g/mol. The van der Waals surface area contributed by atoms with E-state index in [-0.39, 0.29) is 5.56 Å². The van der Waals surface area contributed by atoms with Crippen LogP contribution < -0.4 is 10.9 Å². The van der Waals surface area contributed by atoms with Crippen molar-refractivity contribution < 1.29 is 4.74 Å². The van der Waals surface area contributed by atoms with Crippen LogP contribution in [0.5, 0.6) is 0 Å². The van der Waals surface area contributed by atoms with Gasteiger partial charge in [-0.05, 0) is 48.7 Å². The molecule has 0 spiro atoms. The van der Waals surface area contributed by atoms with Gasteiger partial charge in [0.05, 0.1) is 16.7 Å². The van der Waals surface area contributed by atoms with Crippen molar-refractivity contribution in [3.05, 3.63) is 64.5 Å². The summed E-state index contributed by atoms with van der Waals surface area (Å²) in [6, 6.07) is 9.63. The van der Waals surface area contributed by atoms with Crippen molar-refractivity contribution in [3.8, 4) is 0 Å². The molecule has 0 amide bonds. The first kappa shape index (κ1) is 18.0. The van der Waals surface area contributed by atoms with E-state index in [1.807, 2.05) is 42.1 Å². The van der Waals surface area contributed by atoms with Gasteiger partial charge in [-0.1, -0.05) is 0 Å². The molecular formula is C20H22N4O2S. The molecule has 0 bridgehead atoms. The Hall–Kier alpha value is -2.38. The van der Waals surface area contributed by atoms with Gasteiger partial charge in [-0.2, -0.15) is 11.8 Å². The second kappa shape index (κ2) is 8.54. The van der Waals surface area contributed by atoms with E-state index in [1.165, 1.54) is 0 Å². The molecule has 1 saturated heterocycles. The van der Waals surface area contributed by atoms with Crippen LogP contribution in [0.2, 0.25) is 0 Å². The van der Waals surface area contributed by atoms with Crippen LogP contribution in [0.4, 0.5) is 5.69 Å². The van der Waals surface area contributed by atoms with Gasteiger partial charge in [0.15, 0.2) is 0 Å². The Labute approximate surface area is 161 Å². The topological polar surface area (TPSA) is 79.9 Å². The number of H-pyrrole nitrogens is 1. The molecule has 140 valence electrons. The van der Waals surface area contributed by atoms with Gasteiger partial charge in [-0.3, -0.25) is 9.78 Å². The number of ether oxygens (including phenoxy) is 1. The maximum absolute atomic E-state index is 12.4. The van der Waals surface area contributed by atoms with Gasteiger partial charge in [-0.15, -0.1) is 0 Å². The van der Waals surface area contributed by atoms with Crippen LogP contribution in [-0.2, 0) is 17.0 Å². The second-order valence-electron chi connectivity index (χ2n) is 6.58. The zero-order valence-electron chi connectivity index (χ0n) is 15.0. The molecule has 1 aliphatic heterocycles. The summed E-state index contributed by atoms with van der Waals surface area (Å²) in [5.74, 6) is 1.44. The van der Waals surface area contributed by atoms with Crippen LogP contribution in [0.3, 0.4) is 0 Å². The van der Waals surface area contributed by atoms with Crippen molar-refractivity contribution in [2.24, 2.45) is 0 Å². The Kier molecular flexibility index (Phi) is 5.69. The van der Waals surface area contributed by atoms with Crippen LogP contribution in [0.1, 0.15) is 24.2 Å². The number of rotatable bonds is 6. The molecule has 4 rings (SSSR count). The molecule has 1 fully saturated rings. The van der Waals surface area contributed by atoms with Crippen LogP contribution >= 0.6 is 11.8 Å². The summed E-state index contributed by atoms with van der Waals surface area (Å²) in [6.45, 7) is 2.35. The van der Waals surface area contributed by atoms with Crippen molar-refractivity contribution in [2.45, 2.75) is 30.4 Å². The molecule has 0 saturated carbocycles. The molecule has 27 heavy (non-hydrogen) atoms. The van der Waals surface area contributed by atoms with Gasteiger partial charge in [-0.25, -0.2) is 4.98 Å². The van der Waals surface area contributed by atoms with E-state index in [0.29, 0.717) is 22.9 Å². The Morgan fingerprint density at radius 3 is 2.81 bits per heavy atom. The number of pyridine rings is 1. The summed E-state index contributed by atoms with van der Waals surface area (Å²) in [6.07, 6.45) is 5.68. The monoisotopic (exact) mass is 382 g/mol. The van der Waals surface area contributed by atoms with Crippen molar-refractivity contribution in [2.75, 3.05) is 18.5 Å². The number of fused-ring (bicyclic) bond motifs is 1. The number of nitrogens with zero attached hydrogens (tertiary/aromatic N) is 2. The van der Waals surface area contributed by atoms with Gasteiger partial charge in [0.25, 0.3) is 5.56 Å². The van der Waals surface area contributed by atoms with Crippen LogP contribution in [0.25, 0.3) is 10.9 Å². The number of thioether (sulfide) groups is 1. The Bertz CT molecular complexity index is 955. The summed E-state index contributed by atoms with van der Waals surface area (Å²) < 4.78 is 5.40. The highest BCUT2D eigenvalue weighted by atomic mass is 32.2. The summed E-state index contributed by atoms with van der Waals surface area (Å²) in [4.78, 5) is 24.0. The van der Waals surface area contributed by atoms with Crippen LogP contribution in [0, 0.1) is 0 Å². The van der Waals surface area contributed by atoms with Crippen molar-refractivity contribution >= 4 is 28.4 Å². The predicted octanol–water partition coefficient (Wildman–Crippen LogP) is 3.34. The molecule has 2 N–H and O–H groups in total. The minimum absolute atomic E-state index is 0.0803. The van der Waals surface area contributed by atoms with Crippen LogP contribution in [0.15, 0.2) is 47.5 Å². The van der Waals surface area contributed by atoms with E-state index in [0.717, 1.165) is 48.6 Å². The first-order chi connectivity index (χ1) is 13.3. The third-order valence-corrected chi connectivity index (χ3v) is 6.01. The number of benzene rings is 1. The average Bonchev–Trinajstić information content (AvgIpc) is 2.72. The SMILES string of the molecule is O=c1[nH]c(CSC2CCOCC2)nc2cc(NCc3ccncc3)ccc12. The summed E-state index contributed by atoms with van der Waals surface area (Å²) in [7, 11) is 0. The number of anilines is 1. The lowest BCUT2D eigenvalue weighted by molar-refractivity contribution is 0.1000. The minimum atomic E-state index is -0.0803. The third-order valence-electron chi connectivity index (χ3n) is 4.63. The molecule has 0 radical (unpaired) electrons. The molecule has 0 aliphatic carbocycles. The molecule has 2 aromatic heterocycles. The average molecular weight is 382 g/mol. The largest absolute Gasteiger partial charge is 0.381 e. The summed E-state index contributed by atoms with van der Waals surface area (Å²) >= 11 is 1.85. The molecule has 0 unspecified atom stereocenters.